The van der Waals surface area contributed by atoms with E-state index in [1.165, 1.54) is 0 Å². The van der Waals surface area contributed by atoms with E-state index in [0.29, 0.717) is 52.8 Å². The van der Waals surface area contributed by atoms with E-state index in [1.807, 2.05) is 30.5 Å². The third-order valence-corrected chi connectivity index (χ3v) is 7.36. The Morgan fingerprint density at radius 1 is 1.00 bits per heavy atom. The maximum absolute atomic E-state index is 13.5. The molecule has 1 aliphatic carbocycles. The third kappa shape index (κ3) is 5.30. The van der Waals surface area contributed by atoms with E-state index in [0.717, 1.165) is 34.9 Å². The number of hydrogen-bond acceptors (Lipinski definition) is 5. The van der Waals surface area contributed by atoms with Gasteiger partial charge in [0.05, 0.1) is 28.8 Å². The summed E-state index contributed by atoms with van der Waals surface area (Å²) < 4.78 is 11.7. The predicted octanol–water partition coefficient (Wildman–Crippen LogP) is 4.49. The molecule has 39 heavy (non-hydrogen) atoms. The molecule has 0 spiro atoms. The Hall–Kier alpha value is -4.01. The SMILES string of the molecule is O=C(NC1CC1)c1ccc(-c2cc3c(c(C(=O)N[C@@H](CO)Cc4c[nH]c5ccccc45)c2)OCCO3)cc1Cl. The Bertz CT molecular complexity index is 1560. The quantitative estimate of drug-likeness (QED) is 0.261. The maximum Gasteiger partial charge on any atom is 0.255 e. The van der Waals surface area contributed by atoms with Crippen molar-refractivity contribution >= 4 is 34.3 Å². The summed E-state index contributed by atoms with van der Waals surface area (Å²) in [5.41, 5.74) is 4.12. The third-order valence-electron chi connectivity index (χ3n) is 7.04. The zero-order valence-corrected chi connectivity index (χ0v) is 21.9. The number of fused-ring (bicyclic) bond motifs is 2. The van der Waals surface area contributed by atoms with Gasteiger partial charge in [-0.1, -0.05) is 35.9 Å². The van der Waals surface area contributed by atoms with E-state index in [2.05, 4.69) is 15.6 Å². The van der Waals surface area contributed by atoms with Crippen LogP contribution in [0.5, 0.6) is 11.5 Å². The van der Waals surface area contributed by atoms with Crippen LogP contribution in [-0.4, -0.2) is 53.8 Å². The number of carbonyl (C=O) groups is 2. The van der Waals surface area contributed by atoms with Crippen molar-refractivity contribution in [1.82, 2.24) is 15.6 Å². The highest BCUT2D eigenvalue weighted by atomic mass is 35.5. The Morgan fingerprint density at radius 3 is 2.62 bits per heavy atom. The molecule has 200 valence electrons. The smallest absolute Gasteiger partial charge is 0.255 e. The lowest BCUT2D eigenvalue weighted by atomic mass is 9.99. The number of halogens is 1. The van der Waals surface area contributed by atoms with E-state index < -0.39 is 6.04 Å². The number of para-hydroxylation sites is 1. The van der Waals surface area contributed by atoms with Crippen molar-refractivity contribution in [3.8, 4) is 22.6 Å². The maximum atomic E-state index is 13.5. The lowest BCUT2D eigenvalue weighted by molar-refractivity contribution is 0.0904. The van der Waals surface area contributed by atoms with Crippen LogP contribution in [0.4, 0.5) is 0 Å². The van der Waals surface area contributed by atoms with Crippen LogP contribution in [0.25, 0.3) is 22.0 Å². The fourth-order valence-electron chi connectivity index (χ4n) is 4.85. The van der Waals surface area contributed by atoms with Crippen molar-refractivity contribution in [3.63, 3.8) is 0 Å². The van der Waals surface area contributed by atoms with Gasteiger partial charge in [-0.25, -0.2) is 0 Å². The van der Waals surface area contributed by atoms with Crippen LogP contribution in [0.1, 0.15) is 39.1 Å². The molecule has 6 rings (SSSR count). The van der Waals surface area contributed by atoms with Crippen molar-refractivity contribution in [2.24, 2.45) is 0 Å². The van der Waals surface area contributed by atoms with Crippen molar-refractivity contribution in [1.29, 1.82) is 0 Å². The fraction of sp³-hybridized carbons (Fsp3) is 0.267. The molecule has 1 aliphatic heterocycles. The van der Waals surface area contributed by atoms with Gasteiger partial charge >= 0.3 is 0 Å². The number of amides is 2. The van der Waals surface area contributed by atoms with Gasteiger partial charge < -0.3 is 30.2 Å². The van der Waals surface area contributed by atoms with Crippen LogP contribution >= 0.6 is 11.6 Å². The Balaban J connectivity index is 1.27. The zero-order valence-electron chi connectivity index (χ0n) is 21.1. The minimum Gasteiger partial charge on any atom is -0.486 e. The van der Waals surface area contributed by atoms with Crippen molar-refractivity contribution in [3.05, 3.63) is 82.5 Å². The molecule has 1 aromatic heterocycles. The number of aliphatic hydroxyl groups is 1. The van der Waals surface area contributed by atoms with Gasteiger partial charge in [0.25, 0.3) is 11.8 Å². The first-order valence-corrected chi connectivity index (χ1v) is 13.4. The molecule has 4 aromatic rings. The largest absolute Gasteiger partial charge is 0.486 e. The standard InChI is InChI=1S/C30H28ClN3O5/c31-25-13-17(5-8-23(25)29(36)33-20-6-7-20)18-12-24(28-27(14-18)38-9-10-39-28)30(37)34-21(16-35)11-19-15-32-26-4-2-1-3-22(19)26/h1-5,8,12-15,20-21,32,35H,6-7,9-11,16H2,(H,33,36)(H,34,37)/t21-/m1/s1. The van der Waals surface area contributed by atoms with E-state index in [9.17, 15) is 14.7 Å². The number of H-pyrrole nitrogens is 1. The van der Waals surface area contributed by atoms with Crippen LogP contribution < -0.4 is 20.1 Å². The summed E-state index contributed by atoms with van der Waals surface area (Å²) in [4.78, 5) is 29.3. The molecular weight excluding hydrogens is 518 g/mol. The Labute approximate surface area is 230 Å². The number of benzene rings is 3. The highest BCUT2D eigenvalue weighted by Crippen LogP contribution is 2.39. The van der Waals surface area contributed by atoms with E-state index in [4.69, 9.17) is 21.1 Å². The van der Waals surface area contributed by atoms with Crippen LogP contribution in [0.3, 0.4) is 0 Å². The summed E-state index contributed by atoms with van der Waals surface area (Å²) >= 11 is 6.49. The minimum absolute atomic E-state index is 0.193. The molecule has 0 unspecified atom stereocenters. The van der Waals surface area contributed by atoms with Gasteiger partial charge in [-0.3, -0.25) is 9.59 Å². The lowest BCUT2D eigenvalue weighted by Gasteiger charge is -2.23. The second-order valence-corrected chi connectivity index (χ2v) is 10.3. The molecule has 2 amide bonds. The Kier molecular flexibility index (Phi) is 6.89. The first-order valence-electron chi connectivity index (χ1n) is 13.0. The average molecular weight is 546 g/mol. The van der Waals surface area contributed by atoms with Gasteiger partial charge in [0.1, 0.15) is 13.2 Å². The molecule has 0 bridgehead atoms. The van der Waals surface area contributed by atoms with Gasteiger partial charge in [-0.15, -0.1) is 0 Å². The van der Waals surface area contributed by atoms with Crippen molar-refractivity contribution in [2.75, 3.05) is 19.8 Å². The molecular formula is C30H28ClN3O5. The van der Waals surface area contributed by atoms with Crippen LogP contribution in [0.2, 0.25) is 5.02 Å². The van der Waals surface area contributed by atoms with E-state index in [1.54, 1.807) is 30.3 Å². The van der Waals surface area contributed by atoms with Crippen LogP contribution in [-0.2, 0) is 6.42 Å². The Morgan fingerprint density at radius 2 is 1.82 bits per heavy atom. The van der Waals surface area contributed by atoms with Gasteiger partial charge in [-0.2, -0.15) is 0 Å². The summed E-state index contributed by atoms with van der Waals surface area (Å²) in [6, 6.07) is 16.3. The number of rotatable bonds is 8. The number of carbonyl (C=O) groups excluding carboxylic acids is 2. The van der Waals surface area contributed by atoms with Crippen LogP contribution in [0, 0.1) is 0 Å². The highest BCUT2D eigenvalue weighted by molar-refractivity contribution is 6.34. The average Bonchev–Trinajstić information content (AvgIpc) is 3.68. The highest BCUT2D eigenvalue weighted by Gasteiger charge is 2.27. The number of ether oxygens (including phenoxy) is 2. The molecule has 1 atom stereocenters. The molecule has 2 heterocycles. The summed E-state index contributed by atoms with van der Waals surface area (Å²) in [5, 5.41) is 17.4. The van der Waals surface area contributed by atoms with E-state index >= 15 is 0 Å². The van der Waals surface area contributed by atoms with Gasteiger partial charge in [-0.05, 0) is 66.3 Å². The molecule has 4 N–H and O–H groups in total. The molecule has 9 heteroatoms. The second-order valence-electron chi connectivity index (χ2n) is 9.91. The predicted molar refractivity (Wildman–Crippen MR) is 149 cm³/mol. The number of hydrogen-bond donors (Lipinski definition) is 4. The zero-order chi connectivity index (χ0) is 26.9. The lowest BCUT2D eigenvalue weighted by Crippen LogP contribution is -2.39. The minimum atomic E-state index is -0.515. The summed E-state index contributed by atoms with van der Waals surface area (Å²) in [7, 11) is 0. The van der Waals surface area contributed by atoms with Crippen molar-refractivity contribution < 1.29 is 24.2 Å². The summed E-state index contributed by atoms with van der Waals surface area (Å²) in [5.74, 6) is 0.233. The van der Waals surface area contributed by atoms with Gasteiger partial charge in [0.2, 0.25) is 0 Å². The number of aromatic amines is 1. The first kappa shape index (κ1) is 25.3. The molecule has 0 saturated heterocycles. The normalized spacial score (nSPS) is 15.1. The summed E-state index contributed by atoms with van der Waals surface area (Å²) in [6.45, 7) is 0.449. The monoisotopic (exact) mass is 545 g/mol. The fourth-order valence-corrected chi connectivity index (χ4v) is 5.12. The second kappa shape index (κ2) is 10.6. The van der Waals surface area contributed by atoms with Crippen molar-refractivity contribution in [2.45, 2.75) is 31.3 Å². The van der Waals surface area contributed by atoms with Gasteiger partial charge in [0, 0.05) is 23.1 Å². The number of nitrogens with one attached hydrogen (secondary N) is 3. The molecule has 3 aromatic carbocycles. The number of aliphatic hydroxyl groups excluding tert-OH is 1. The first-order chi connectivity index (χ1) is 19.0. The van der Waals surface area contributed by atoms with Gasteiger partial charge in [0.15, 0.2) is 11.5 Å². The molecule has 1 saturated carbocycles. The topological polar surface area (TPSA) is 113 Å². The van der Waals surface area contributed by atoms with E-state index in [-0.39, 0.29) is 24.5 Å². The molecule has 8 nitrogen and oxygen atoms in total. The molecule has 0 radical (unpaired) electrons. The summed E-state index contributed by atoms with van der Waals surface area (Å²) in [6.07, 6.45) is 4.33. The molecule has 1 fully saturated rings. The number of aromatic nitrogens is 1. The molecule has 2 aliphatic rings. The van der Waals surface area contributed by atoms with Crippen LogP contribution in [0.15, 0.2) is 60.8 Å².